The van der Waals surface area contributed by atoms with Crippen molar-refractivity contribution in [3.8, 4) is 0 Å². The predicted molar refractivity (Wildman–Crippen MR) is 56.4 cm³/mol. The summed E-state index contributed by atoms with van der Waals surface area (Å²) in [6.07, 6.45) is 8.35. The second-order valence-electron chi connectivity index (χ2n) is 4.56. The largest absolute Gasteiger partial charge is 0.392 e. The summed E-state index contributed by atoms with van der Waals surface area (Å²) < 4.78 is 0. The highest BCUT2D eigenvalue weighted by Gasteiger charge is 2.46. The van der Waals surface area contributed by atoms with E-state index in [0.717, 1.165) is 0 Å². The van der Waals surface area contributed by atoms with E-state index in [2.05, 4.69) is 0 Å². The van der Waals surface area contributed by atoms with Crippen molar-refractivity contribution in [3.05, 3.63) is 0 Å². The zero-order valence-electron chi connectivity index (χ0n) is 8.15. The molecule has 0 amide bonds. The van der Waals surface area contributed by atoms with Crippen LogP contribution in [0.15, 0.2) is 0 Å². The van der Waals surface area contributed by atoms with E-state index < -0.39 is 7.26 Å². The molecule has 2 aliphatic rings. The van der Waals surface area contributed by atoms with Gasteiger partial charge in [0.2, 0.25) is 0 Å². The van der Waals surface area contributed by atoms with E-state index >= 15 is 0 Å². The zero-order valence-corrected chi connectivity index (χ0v) is 9.05. The summed E-state index contributed by atoms with van der Waals surface area (Å²) in [5, 5.41) is 19.1. The lowest BCUT2D eigenvalue weighted by molar-refractivity contribution is 0.316. The Kier molecular flexibility index (Phi) is 2.92. The fourth-order valence-corrected chi connectivity index (χ4v) is 7.70. The molecular weight excluding hydrogens is 183 g/mol. The minimum atomic E-state index is -1.36. The zero-order chi connectivity index (χ0) is 9.31. The van der Waals surface area contributed by atoms with Crippen LogP contribution in [0.3, 0.4) is 0 Å². The molecule has 0 unspecified atom stereocenters. The van der Waals surface area contributed by atoms with Gasteiger partial charge >= 0.3 is 0 Å². The van der Waals surface area contributed by atoms with Gasteiger partial charge in [0.05, 0.1) is 12.7 Å². The molecule has 3 heteroatoms. The highest BCUT2D eigenvalue weighted by Crippen LogP contribution is 2.73. The first-order valence-electron chi connectivity index (χ1n) is 5.41. The maximum absolute atomic E-state index is 9.54. The van der Waals surface area contributed by atoms with Gasteiger partial charge in [-0.1, -0.05) is 20.1 Å². The molecule has 2 bridgehead atoms. The van der Waals surface area contributed by atoms with Crippen molar-refractivity contribution in [2.24, 2.45) is 0 Å². The molecule has 0 spiro atoms. The Morgan fingerprint density at radius 3 is 1.46 bits per heavy atom. The van der Waals surface area contributed by atoms with E-state index in [1.807, 2.05) is 0 Å². The summed E-state index contributed by atoms with van der Waals surface area (Å²) in [6.45, 7) is 0. The second-order valence-corrected chi connectivity index (χ2v) is 8.79. The number of hydrogen-bond donors (Lipinski definition) is 2. The van der Waals surface area contributed by atoms with E-state index in [1.165, 1.54) is 38.5 Å². The molecule has 0 atom stereocenters. The van der Waals surface area contributed by atoms with Crippen LogP contribution < -0.4 is 0 Å². The van der Waals surface area contributed by atoms with Gasteiger partial charge < -0.3 is 10.2 Å². The van der Waals surface area contributed by atoms with Crippen molar-refractivity contribution >= 4 is 7.26 Å². The Balaban J connectivity index is 2.22. The van der Waals surface area contributed by atoms with Crippen LogP contribution in [0.1, 0.15) is 38.5 Å². The molecule has 0 aromatic heterocycles. The summed E-state index contributed by atoms with van der Waals surface area (Å²) in [5.74, 6) is 0. The molecule has 0 aromatic carbocycles. The van der Waals surface area contributed by atoms with Gasteiger partial charge in [0.1, 0.15) is 0 Å². The van der Waals surface area contributed by atoms with Crippen LogP contribution in [0.25, 0.3) is 0 Å². The molecule has 2 saturated heterocycles. The molecular formula is C10H20O2P. The first kappa shape index (κ1) is 9.89. The van der Waals surface area contributed by atoms with E-state index in [-0.39, 0.29) is 0 Å². The Bertz CT molecular complexity index is 156. The maximum Gasteiger partial charge on any atom is 0.0615 e. The smallest absolute Gasteiger partial charge is 0.0615 e. The van der Waals surface area contributed by atoms with E-state index in [9.17, 15) is 10.2 Å². The second kappa shape index (κ2) is 3.84. The first-order chi connectivity index (χ1) is 6.33. The number of aliphatic hydroxyl groups excluding tert-OH is 2. The van der Waals surface area contributed by atoms with Gasteiger partial charge in [-0.15, -0.1) is 0 Å². The average Bonchev–Trinajstić information content (AvgIpc) is 2.16. The molecule has 2 N–H and O–H groups in total. The molecule has 77 valence electrons. The van der Waals surface area contributed by atoms with Gasteiger partial charge in [0, 0.05) is 0 Å². The molecule has 2 nitrogen and oxygen atoms in total. The molecule has 1 radical (unpaired) electrons. The average molecular weight is 203 g/mol. The summed E-state index contributed by atoms with van der Waals surface area (Å²) in [4.78, 5) is 0. The summed E-state index contributed by atoms with van der Waals surface area (Å²) in [7, 11) is -1.36. The summed E-state index contributed by atoms with van der Waals surface area (Å²) in [5.41, 5.74) is 1.41. The molecule has 2 fully saturated rings. The highest BCUT2D eigenvalue weighted by molar-refractivity contribution is 7.76. The van der Waals surface area contributed by atoms with Crippen molar-refractivity contribution in [2.75, 3.05) is 12.7 Å². The standard InChI is InChI=1S/C10H20O2P/c11-7-13(8-12)9-3-1-4-10(13)6-2-5-9/h9-12H,1-8H2. The van der Waals surface area contributed by atoms with Gasteiger partial charge in [-0.3, -0.25) is 0 Å². The topological polar surface area (TPSA) is 40.5 Å². The van der Waals surface area contributed by atoms with Gasteiger partial charge in [0.25, 0.3) is 0 Å². The number of hydrogen-bond acceptors (Lipinski definition) is 2. The van der Waals surface area contributed by atoms with Crippen LogP contribution in [0, 0.1) is 0 Å². The Hall–Kier alpha value is 0.350. The fraction of sp³-hybridized carbons (Fsp3) is 1.00. The number of rotatable bonds is 2. The van der Waals surface area contributed by atoms with Crippen LogP contribution in [0.5, 0.6) is 0 Å². The normalized spacial score (nSPS) is 37.4. The Morgan fingerprint density at radius 2 is 1.23 bits per heavy atom. The highest BCUT2D eigenvalue weighted by atomic mass is 31.2. The van der Waals surface area contributed by atoms with E-state index in [0.29, 0.717) is 24.0 Å². The maximum atomic E-state index is 9.54. The first-order valence-corrected chi connectivity index (χ1v) is 7.71. The quantitative estimate of drug-likeness (QED) is 0.674. The minimum Gasteiger partial charge on any atom is -0.392 e. The lowest BCUT2D eigenvalue weighted by Gasteiger charge is -2.53. The number of aliphatic hydroxyl groups is 2. The third-order valence-electron chi connectivity index (χ3n) is 4.13. The van der Waals surface area contributed by atoms with E-state index in [1.54, 1.807) is 0 Å². The van der Waals surface area contributed by atoms with Gasteiger partial charge in [-0.05, 0) is 37.0 Å². The molecule has 2 aliphatic heterocycles. The monoisotopic (exact) mass is 203 g/mol. The summed E-state index contributed by atoms with van der Waals surface area (Å²) >= 11 is 0. The van der Waals surface area contributed by atoms with Crippen LogP contribution in [-0.4, -0.2) is 34.2 Å². The van der Waals surface area contributed by atoms with Gasteiger partial charge in [-0.2, -0.15) is 0 Å². The van der Waals surface area contributed by atoms with Gasteiger partial charge in [0.15, 0.2) is 0 Å². The van der Waals surface area contributed by atoms with Gasteiger partial charge in [-0.25, -0.2) is 0 Å². The van der Waals surface area contributed by atoms with Crippen molar-refractivity contribution in [1.82, 2.24) is 0 Å². The predicted octanol–water partition coefficient (Wildman–Crippen LogP) is 2.01. The van der Waals surface area contributed by atoms with Crippen LogP contribution in [-0.2, 0) is 0 Å². The lowest BCUT2D eigenvalue weighted by atomic mass is 9.99. The molecule has 0 aliphatic carbocycles. The Morgan fingerprint density at radius 1 is 0.846 bits per heavy atom. The molecule has 0 saturated carbocycles. The molecule has 2 heterocycles. The molecule has 13 heavy (non-hydrogen) atoms. The fourth-order valence-electron chi connectivity index (χ4n) is 3.30. The van der Waals surface area contributed by atoms with Crippen LogP contribution in [0.4, 0.5) is 0 Å². The third-order valence-corrected chi connectivity index (χ3v) is 9.13. The molecule has 0 aromatic rings. The Labute approximate surface area is 80.7 Å². The van der Waals surface area contributed by atoms with Crippen molar-refractivity contribution in [2.45, 2.75) is 49.8 Å². The number of fused-ring (bicyclic) bond motifs is 2. The van der Waals surface area contributed by atoms with Crippen LogP contribution >= 0.6 is 7.26 Å². The van der Waals surface area contributed by atoms with E-state index in [4.69, 9.17) is 0 Å². The summed E-state index contributed by atoms with van der Waals surface area (Å²) in [6, 6.07) is 0. The third kappa shape index (κ3) is 1.44. The van der Waals surface area contributed by atoms with Crippen molar-refractivity contribution < 1.29 is 10.2 Å². The minimum absolute atomic E-state index is 0.304. The van der Waals surface area contributed by atoms with Crippen molar-refractivity contribution in [3.63, 3.8) is 0 Å². The molecule has 2 rings (SSSR count). The lowest BCUT2D eigenvalue weighted by Crippen LogP contribution is -2.36. The van der Waals surface area contributed by atoms with Crippen LogP contribution in [0.2, 0.25) is 0 Å². The van der Waals surface area contributed by atoms with Crippen molar-refractivity contribution in [1.29, 1.82) is 0 Å². The SMILES string of the molecule is OC[P]1(CO)C2CCCC1CCC2.